The van der Waals surface area contributed by atoms with E-state index >= 15 is 0 Å². The highest BCUT2D eigenvalue weighted by molar-refractivity contribution is 6.32. The van der Waals surface area contributed by atoms with Gasteiger partial charge in [-0.25, -0.2) is 0 Å². The average Bonchev–Trinajstić information content (AvgIpc) is 2.77. The maximum absolute atomic E-state index is 12.4. The molecule has 3 nitrogen and oxygen atoms in total. The largest absolute Gasteiger partial charge is 0.495 e. The van der Waals surface area contributed by atoms with E-state index in [0.717, 1.165) is 19.4 Å². The zero-order chi connectivity index (χ0) is 12.5. The maximum Gasteiger partial charge on any atom is 0.182 e. The molecule has 0 aromatic heterocycles. The number of carbonyl (C=O) groups is 1. The molecule has 1 atom stereocenters. The van der Waals surface area contributed by atoms with Crippen LogP contribution in [-0.4, -0.2) is 25.0 Å². The van der Waals surface area contributed by atoms with Crippen molar-refractivity contribution < 1.29 is 9.53 Å². The third-order valence-electron chi connectivity index (χ3n) is 3.28. The van der Waals surface area contributed by atoms with E-state index in [1.165, 1.54) is 0 Å². The minimum atomic E-state index is -0.446. The van der Waals surface area contributed by atoms with Crippen LogP contribution < -0.4 is 10.1 Å². The number of rotatable bonds is 3. The van der Waals surface area contributed by atoms with Gasteiger partial charge in [0.15, 0.2) is 5.78 Å². The predicted molar refractivity (Wildman–Crippen MR) is 68.0 cm³/mol. The summed E-state index contributed by atoms with van der Waals surface area (Å²) in [5, 5.41) is 3.78. The van der Waals surface area contributed by atoms with Gasteiger partial charge in [-0.15, -0.1) is 0 Å². The molecular formula is C13H16ClNO2. The van der Waals surface area contributed by atoms with Crippen molar-refractivity contribution >= 4 is 17.4 Å². The molecule has 17 heavy (non-hydrogen) atoms. The van der Waals surface area contributed by atoms with Crippen LogP contribution in [0.15, 0.2) is 18.2 Å². The minimum Gasteiger partial charge on any atom is -0.495 e. The number of ketones is 1. The smallest absolute Gasteiger partial charge is 0.182 e. The molecule has 0 amide bonds. The molecule has 0 aliphatic carbocycles. The third-order valence-corrected chi connectivity index (χ3v) is 3.60. The van der Waals surface area contributed by atoms with Crippen molar-refractivity contribution in [3.8, 4) is 5.75 Å². The van der Waals surface area contributed by atoms with Crippen LogP contribution in [0.5, 0.6) is 5.75 Å². The van der Waals surface area contributed by atoms with Gasteiger partial charge < -0.3 is 10.1 Å². The van der Waals surface area contributed by atoms with Gasteiger partial charge in [0.05, 0.1) is 17.7 Å². The fraction of sp³-hybridized carbons (Fsp3) is 0.462. The molecule has 1 aliphatic heterocycles. The Balaban J connectivity index is 2.31. The van der Waals surface area contributed by atoms with Crippen molar-refractivity contribution in [3.05, 3.63) is 28.8 Å². The third kappa shape index (κ3) is 2.31. The molecule has 0 radical (unpaired) electrons. The summed E-state index contributed by atoms with van der Waals surface area (Å²) >= 11 is 5.94. The Bertz CT molecular complexity index is 439. The van der Waals surface area contributed by atoms with Gasteiger partial charge in [-0.05, 0) is 44.5 Å². The normalized spacial score (nSPS) is 23.7. The van der Waals surface area contributed by atoms with Crippen molar-refractivity contribution in [2.75, 3.05) is 13.7 Å². The topological polar surface area (TPSA) is 38.3 Å². The Morgan fingerprint density at radius 3 is 2.88 bits per heavy atom. The van der Waals surface area contributed by atoms with E-state index in [-0.39, 0.29) is 5.78 Å². The van der Waals surface area contributed by atoms with E-state index in [4.69, 9.17) is 16.3 Å². The van der Waals surface area contributed by atoms with Crippen molar-refractivity contribution in [2.45, 2.75) is 25.3 Å². The first-order valence-corrected chi connectivity index (χ1v) is 6.08. The molecule has 2 rings (SSSR count). The van der Waals surface area contributed by atoms with Gasteiger partial charge in [0, 0.05) is 5.56 Å². The van der Waals surface area contributed by atoms with E-state index < -0.39 is 5.54 Å². The summed E-state index contributed by atoms with van der Waals surface area (Å²) in [6, 6.07) is 5.15. The van der Waals surface area contributed by atoms with Gasteiger partial charge in [-0.2, -0.15) is 0 Å². The molecule has 1 N–H and O–H groups in total. The first-order chi connectivity index (χ1) is 8.07. The van der Waals surface area contributed by atoms with Gasteiger partial charge in [0.2, 0.25) is 0 Å². The highest BCUT2D eigenvalue weighted by atomic mass is 35.5. The summed E-state index contributed by atoms with van der Waals surface area (Å²) in [5.41, 5.74) is 0.196. The quantitative estimate of drug-likeness (QED) is 0.842. The van der Waals surface area contributed by atoms with Crippen molar-refractivity contribution in [2.24, 2.45) is 0 Å². The number of methoxy groups -OCH3 is 1. The molecule has 1 heterocycles. The maximum atomic E-state index is 12.4. The van der Waals surface area contributed by atoms with Crippen molar-refractivity contribution in [1.29, 1.82) is 0 Å². The fourth-order valence-corrected chi connectivity index (χ4v) is 2.40. The van der Waals surface area contributed by atoms with Crippen LogP contribution in [0.25, 0.3) is 0 Å². The number of hydrogen-bond acceptors (Lipinski definition) is 3. The first-order valence-electron chi connectivity index (χ1n) is 5.70. The number of Topliss-reactive ketones (excluding diaryl/α,β-unsaturated/α-hetero) is 1. The average molecular weight is 254 g/mol. The molecule has 1 aromatic carbocycles. The molecule has 1 aliphatic rings. The fourth-order valence-electron chi connectivity index (χ4n) is 2.21. The number of carbonyl (C=O) groups excluding carboxylic acids is 1. The number of ether oxygens (including phenoxy) is 1. The van der Waals surface area contributed by atoms with Crippen LogP contribution in [0, 0.1) is 0 Å². The van der Waals surface area contributed by atoms with Crippen LogP contribution >= 0.6 is 11.6 Å². The Kier molecular flexibility index (Phi) is 3.40. The SMILES string of the molecule is COc1cc(C(=O)C2(C)CCCN2)ccc1Cl. The minimum absolute atomic E-state index is 0.102. The van der Waals surface area contributed by atoms with Crippen LogP contribution in [0.2, 0.25) is 5.02 Å². The lowest BCUT2D eigenvalue weighted by atomic mass is 9.90. The van der Waals surface area contributed by atoms with Gasteiger partial charge in [0.1, 0.15) is 5.75 Å². The van der Waals surface area contributed by atoms with E-state index in [1.54, 1.807) is 25.3 Å². The van der Waals surface area contributed by atoms with Gasteiger partial charge >= 0.3 is 0 Å². The van der Waals surface area contributed by atoms with E-state index in [2.05, 4.69) is 5.32 Å². The molecule has 92 valence electrons. The predicted octanol–water partition coefficient (Wildman–Crippen LogP) is 2.67. The van der Waals surface area contributed by atoms with E-state index in [0.29, 0.717) is 16.3 Å². The molecule has 1 unspecified atom stereocenters. The van der Waals surface area contributed by atoms with Crippen LogP contribution in [0.3, 0.4) is 0 Å². The molecule has 0 bridgehead atoms. The zero-order valence-electron chi connectivity index (χ0n) is 10.0. The monoisotopic (exact) mass is 253 g/mol. The molecule has 0 spiro atoms. The second-order valence-electron chi connectivity index (χ2n) is 4.54. The highest BCUT2D eigenvalue weighted by Gasteiger charge is 2.36. The molecule has 1 saturated heterocycles. The Morgan fingerprint density at radius 2 is 2.29 bits per heavy atom. The number of benzene rings is 1. The first kappa shape index (κ1) is 12.4. The molecular weight excluding hydrogens is 238 g/mol. The Morgan fingerprint density at radius 1 is 1.53 bits per heavy atom. The summed E-state index contributed by atoms with van der Waals surface area (Å²) in [4.78, 5) is 12.4. The highest BCUT2D eigenvalue weighted by Crippen LogP contribution is 2.29. The summed E-state index contributed by atoms with van der Waals surface area (Å²) < 4.78 is 5.13. The van der Waals surface area contributed by atoms with Crippen LogP contribution in [-0.2, 0) is 0 Å². The lowest BCUT2D eigenvalue weighted by Crippen LogP contribution is -2.44. The van der Waals surface area contributed by atoms with Crippen LogP contribution in [0.1, 0.15) is 30.1 Å². The number of hydrogen-bond donors (Lipinski definition) is 1. The van der Waals surface area contributed by atoms with Crippen molar-refractivity contribution in [1.82, 2.24) is 5.32 Å². The van der Waals surface area contributed by atoms with E-state index in [1.807, 2.05) is 6.92 Å². The number of halogens is 1. The molecule has 1 aromatic rings. The molecule has 4 heteroatoms. The summed E-state index contributed by atoms with van der Waals surface area (Å²) in [5.74, 6) is 0.643. The standard InChI is InChI=1S/C13H16ClNO2/c1-13(6-3-7-15-13)12(16)9-4-5-10(14)11(8-9)17-2/h4-5,8,15H,3,6-7H2,1-2H3. The summed E-state index contributed by atoms with van der Waals surface area (Å²) in [7, 11) is 1.55. The second kappa shape index (κ2) is 4.67. The van der Waals surface area contributed by atoms with E-state index in [9.17, 15) is 4.79 Å². The molecule has 1 fully saturated rings. The Labute approximate surface area is 106 Å². The molecule has 0 saturated carbocycles. The Hall–Kier alpha value is -1.06. The lowest BCUT2D eigenvalue weighted by molar-refractivity contribution is 0.0884. The van der Waals surface area contributed by atoms with Gasteiger partial charge in [-0.3, -0.25) is 4.79 Å². The van der Waals surface area contributed by atoms with Crippen LogP contribution in [0.4, 0.5) is 0 Å². The number of nitrogens with one attached hydrogen (secondary N) is 1. The second-order valence-corrected chi connectivity index (χ2v) is 4.95. The van der Waals surface area contributed by atoms with Crippen molar-refractivity contribution in [3.63, 3.8) is 0 Å². The lowest BCUT2D eigenvalue weighted by Gasteiger charge is -2.22. The summed E-state index contributed by atoms with van der Waals surface area (Å²) in [6.45, 7) is 2.84. The van der Waals surface area contributed by atoms with Gasteiger partial charge in [-0.1, -0.05) is 11.6 Å². The summed E-state index contributed by atoms with van der Waals surface area (Å²) in [6.07, 6.45) is 1.91. The zero-order valence-corrected chi connectivity index (χ0v) is 10.8. The van der Waals surface area contributed by atoms with Gasteiger partial charge in [0.25, 0.3) is 0 Å².